The molecule has 2 rings (SSSR count). The summed E-state index contributed by atoms with van der Waals surface area (Å²) in [7, 11) is 0. The van der Waals surface area contributed by atoms with Crippen molar-refractivity contribution in [2.75, 3.05) is 26.3 Å². The molecule has 3 nitrogen and oxygen atoms in total. The smallest absolute Gasteiger partial charge is 0.253 e. The Hall–Kier alpha value is -1.79. The summed E-state index contributed by atoms with van der Waals surface area (Å²) in [5.41, 5.74) is 2.14. The van der Waals surface area contributed by atoms with Crippen LogP contribution < -0.4 is 0 Å². The standard InChI is InChI=1S/C20H27NO2/c1-5-14-23-15-16-10-12-21(13-11-16)19(22)17-6-8-18(9-7-17)20(2,3)4/h1,6-9,16H,10-15H2,2-4H3. The van der Waals surface area contributed by atoms with Crippen LogP contribution in [0.1, 0.15) is 49.5 Å². The molecule has 1 aliphatic rings. The van der Waals surface area contributed by atoms with E-state index in [4.69, 9.17) is 11.2 Å². The Balaban J connectivity index is 1.89. The number of hydrogen-bond donors (Lipinski definition) is 0. The van der Waals surface area contributed by atoms with E-state index in [0.29, 0.717) is 19.1 Å². The highest BCUT2D eigenvalue weighted by Crippen LogP contribution is 2.24. The maximum absolute atomic E-state index is 12.6. The maximum atomic E-state index is 12.6. The van der Waals surface area contributed by atoms with E-state index < -0.39 is 0 Å². The highest BCUT2D eigenvalue weighted by Gasteiger charge is 2.24. The van der Waals surface area contributed by atoms with Gasteiger partial charge in [-0.05, 0) is 41.9 Å². The predicted octanol–water partition coefficient (Wildman–Crippen LogP) is 3.49. The average Bonchev–Trinajstić information content (AvgIpc) is 2.54. The van der Waals surface area contributed by atoms with Gasteiger partial charge in [-0.15, -0.1) is 6.42 Å². The summed E-state index contributed by atoms with van der Waals surface area (Å²) >= 11 is 0. The molecule has 1 heterocycles. The van der Waals surface area contributed by atoms with E-state index in [1.165, 1.54) is 5.56 Å². The van der Waals surface area contributed by atoms with E-state index in [9.17, 15) is 4.79 Å². The molecule has 0 aliphatic carbocycles. The second kappa shape index (κ2) is 7.66. The van der Waals surface area contributed by atoms with E-state index in [2.05, 4.69) is 38.8 Å². The first-order valence-corrected chi connectivity index (χ1v) is 8.33. The van der Waals surface area contributed by atoms with Crippen LogP contribution in [0.5, 0.6) is 0 Å². The van der Waals surface area contributed by atoms with E-state index >= 15 is 0 Å². The minimum atomic E-state index is 0.109. The molecule has 0 N–H and O–H groups in total. The van der Waals surface area contributed by atoms with Gasteiger partial charge in [-0.2, -0.15) is 0 Å². The molecule has 124 valence electrons. The second-order valence-corrected chi connectivity index (χ2v) is 7.28. The van der Waals surface area contributed by atoms with Gasteiger partial charge in [0, 0.05) is 18.7 Å². The fraction of sp³-hybridized carbons (Fsp3) is 0.550. The number of rotatable bonds is 4. The molecule has 0 aromatic heterocycles. The number of carbonyl (C=O) groups excluding carboxylic acids is 1. The van der Waals surface area contributed by atoms with Crippen LogP contribution in [0, 0.1) is 18.3 Å². The molecule has 3 heteroatoms. The highest BCUT2D eigenvalue weighted by atomic mass is 16.5. The van der Waals surface area contributed by atoms with Crippen LogP contribution in [0.4, 0.5) is 0 Å². The molecule has 1 aliphatic heterocycles. The van der Waals surface area contributed by atoms with Gasteiger partial charge in [0.1, 0.15) is 6.61 Å². The zero-order valence-electron chi connectivity index (χ0n) is 14.5. The number of carbonyl (C=O) groups is 1. The van der Waals surface area contributed by atoms with Gasteiger partial charge in [0.2, 0.25) is 0 Å². The van der Waals surface area contributed by atoms with Crippen LogP contribution in [0.15, 0.2) is 24.3 Å². The molecule has 0 spiro atoms. The van der Waals surface area contributed by atoms with Crippen molar-refractivity contribution in [3.8, 4) is 12.3 Å². The quantitative estimate of drug-likeness (QED) is 0.629. The Labute approximate surface area is 140 Å². The summed E-state index contributed by atoms with van der Waals surface area (Å²) in [6.45, 7) is 9.20. The van der Waals surface area contributed by atoms with Crippen molar-refractivity contribution in [1.82, 2.24) is 4.90 Å². The largest absolute Gasteiger partial charge is 0.369 e. The molecule has 1 saturated heterocycles. The zero-order valence-corrected chi connectivity index (χ0v) is 14.5. The number of terminal acetylenes is 1. The normalized spacial score (nSPS) is 16.2. The molecule has 0 bridgehead atoms. The average molecular weight is 313 g/mol. The predicted molar refractivity (Wildman–Crippen MR) is 93.4 cm³/mol. The van der Waals surface area contributed by atoms with E-state index in [1.54, 1.807) is 0 Å². The molecule has 0 atom stereocenters. The zero-order chi connectivity index (χ0) is 16.9. The Bertz CT molecular complexity index is 555. The van der Waals surface area contributed by atoms with Crippen molar-refractivity contribution in [1.29, 1.82) is 0 Å². The van der Waals surface area contributed by atoms with Crippen LogP contribution in [0.25, 0.3) is 0 Å². The minimum absolute atomic E-state index is 0.109. The van der Waals surface area contributed by atoms with Gasteiger partial charge in [0.25, 0.3) is 5.91 Å². The number of piperidine rings is 1. The SMILES string of the molecule is C#CCOCC1CCN(C(=O)c2ccc(C(C)(C)C)cc2)CC1. The van der Waals surface area contributed by atoms with E-state index in [0.717, 1.165) is 31.5 Å². The van der Waals surface area contributed by atoms with Gasteiger partial charge < -0.3 is 9.64 Å². The maximum Gasteiger partial charge on any atom is 0.253 e. The lowest BCUT2D eigenvalue weighted by atomic mass is 9.86. The number of hydrogen-bond acceptors (Lipinski definition) is 2. The van der Waals surface area contributed by atoms with Gasteiger partial charge >= 0.3 is 0 Å². The van der Waals surface area contributed by atoms with Crippen LogP contribution >= 0.6 is 0 Å². The molecule has 1 aromatic carbocycles. The summed E-state index contributed by atoms with van der Waals surface area (Å²) < 4.78 is 5.41. The molecular weight excluding hydrogens is 286 g/mol. The molecule has 23 heavy (non-hydrogen) atoms. The van der Waals surface area contributed by atoms with Crippen molar-refractivity contribution in [3.05, 3.63) is 35.4 Å². The Kier molecular flexibility index (Phi) is 5.85. The Morgan fingerprint density at radius 1 is 1.26 bits per heavy atom. The third-order valence-corrected chi connectivity index (χ3v) is 4.44. The molecular formula is C20H27NO2. The van der Waals surface area contributed by atoms with Gasteiger partial charge in [-0.3, -0.25) is 4.79 Å². The third kappa shape index (κ3) is 4.84. The van der Waals surface area contributed by atoms with Crippen molar-refractivity contribution >= 4 is 5.91 Å². The van der Waals surface area contributed by atoms with Crippen molar-refractivity contribution < 1.29 is 9.53 Å². The van der Waals surface area contributed by atoms with Gasteiger partial charge in [0.15, 0.2) is 0 Å². The summed E-state index contributed by atoms with van der Waals surface area (Å²) in [6, 6.07) is 8.03. The first-order chi connectivity index (χ1) is 10.9. The van der Waals surface area contributed by atoms with Crippen LogP contribution in [-0.2, 0) is 10.2 Å². The number of amides is 1. The first-order valence-electron chi connectivity index (χ1n) is 8.33. The third-order valence-electron chi connectivity index (χ3n) is 4.44. The number of ether oxygens (including phenoxy) is 1. The molecule has 0 unspecified atom stereocenters. The second-order valence-electron chi connectivity index (χ2n) is 7.28. The summed E-state index contributed by atoms with van der Waals surface area (Å²) in [4.78, 5) is 14.5. The fourth-order valence-corrected chi connectivity index (χ4v) is 2.88. The number of likely N-dealkylation sites (tertiary alicyclic amines) is 1. The van der Waals surface area contributed by atoms with Gasteiger partial charge in [0.05, 0.1) is 6.61 Å². The van der Waals surface area contributed by atoms with Gasteiger partial charge in [-0.1, -0.05) is 38.8 Å². The summed E-state index contributed by atoms with van der Waals surface area (Å²) in [6.07, 6.45) is 7.14. The monoisotopic (exact) mass is 313 g/mol. The molecule has 1 aromatic rings. The Morgan fingerprint density at radius 3 is 2.39 bits per heavy atom. The topological polar surface area (TPSA) is 29.5 Å². The molecule has 0 radical (unpaired) electrons. The van der Waals surface area contributed by atoms with Crippen molar-refractivity contribution in [2.45, 2.75) is 39.0 Å². The lowest BCUT2D eigenvalue weighted by Gasteiger charge is -2.32. The highest BCUT2D eigenvalue weighted by molar-refractivity contribution is 5.94. The van der Waals surface area contributed by atoms with E-state index in [1.807, 2.05) is 17.0 Å². The summed E-state index contributed by atoms with van der Waals surface area (Å²) in [5.74, 6) is 3.13. The molecule has 1 fully saturated rings. The van der Waals surface area contributed by atoms with Crippen LogP contribution in [0.2, 0.25) is 0 Å². The van der Waals surface area contributed by atoms with Crippen LogP contribution in [0.3, 0.4) is 0 Å². The summed E-state index contributed by atoms with van der Waals surface area (Å²) in [5, 5.41) is 0. The lowest BCUT2D eigenvalue weighted by Crippen LogP contribution is -2.39. The molecule has 1 amide bonds. The fourth-order valence-electron chi connectivity index (χ4n) is 2.88. The molecule has 0 saturated carbocycles. The number of benzene rings is 1. The lowest BCUT2D eigenvalue weighted by molar-refractivity contribution is 0.0582. The van der Waals surface area contributed by atoms with Gasteiger partial charge in [-0.25, -0.2) is 0 Å². The number of nitrogens with zero attached hydrogens (tertiary/aromatic N) is 1. The van der Waals surface area contributed by atoms with Crippen molar-refractivity contribution in [2.24, 2.45) is 5.92 Å². The van der Waals surface area contributed by atoms with Crippen LogP contribution in [-0.4, -0.2) is 37.1 Å². The van der Waals surface area contributed by atoms with Crippen molar-refractivity contribution in [3.63, 3.8) is 0 Å². The minimum Gasteiger partial charge on any atom is -0.369 e. The first kappa shape index (κ1) is 17.6. The Morgan fingerprint density at radius 2 is 1.87 bits per heavy atom. The van der Waals surface area contributed by atoms with E-state index in [-0.39, 0.29) is 11.3 Å².